The highest BCUT2D eigenvalue weighted by Gasteiger charge is 2.10. The highest BCUT2D eigenvalue weighted by Crippen LogP contribution is 2.25. The van der Waals surface area contributed by atoms with Gasteiger partial charge in [-0.15, -0.1) is 0 Å². The fourth-order valence-corrected chi connectivity index (χ4v) is 2.70. The van der Waals surface area contributed by atoms with Crippen LogP contribution in [0.1, 0.15) is 5.56 Å². The average Bonchev–Trinajstić information content (AvgIpc) is 3.00. The molecule has 0 N–H and O–H groups in total. The van der Waals surface area contributed by atoms with Gasteiger partial charge in [0.15, 0.2) is 5.82 Å². The number of benzene rings is 3. The molecular weight excluding hydrogens is 316 g/mol. The predicted molar refractivity (Wildman–Crippen MR) is 98.9 cm³/mol. The second kappa shape index (κ2) is 6.23. The first-order valence-corrected chi connectivity index (χ1v) is 7.99. The molecule has 0 saturated carbocycles. The Morgan fingerprint density at radius 3 is 2.29 bits per heavy atom. The van der Waals surface area contributed by atoms with E-state index in [2.05, 4.69) is 12.0 Å². The van der Waals surface area contributed by atoms with Crippen molar-refractivity contribution >= 4 is 22.6 Å². The SMILES string of the molecule is Clc1ccc(-c2nc3ccccc3n2C#Cc2ccccc2)cc1. The van der Waals surface area contributed by atoms with Gasteiger partial charge in [-0.25, -0.2) is 9.55 Å². The Morgan fingerprint density at radius 2 is 1.50 bits per heavy atom. The van der Waals surface area contributed by atoms with Crippen LogP contribution in [0, 0.1) is 12.0 Å². The summed E-state index contributed by atoms with van der Waals surface area (Å²) in [5.41, 5.74) is 3.87. The molecule has 1 aromatic heterocycles. The quantitative estimate of drug-likeness (QED) is 0.438. The van der Waals surface area contributed by atoms with Gasteiger partial charge in [0.05, 0.1) is 11.0 Å². The molecule has 3 aromatic carbocycles. The minimum Gasteiger partial charge on any atom is -0.250 e. The number of hydrogen-bond acceptors (Lipinski definition) is 1. The third kappa shape index (κ3) is 2.78. The molecule has 0 spiro atoms. The summed E-state index contributed by atoms with van der Waals surface area (Å²) >= 11 is 6.00. The standard InChI is InChI=1S/C21H13ClN2/c22-18-12-10-17(11-13-18)21-23-19-8-4-5-9-20(19)24(21)15-14-16-6-2-1-3-7-16/h1-13H. The number of fused-ring (bicyclic) bond motifs is 1. The van der Waals surface area contributed by atoms with Crippen LogP contribution in [0.15, 0.2) is 78.9 Å². The van der Waals surface area contributed by atoms with Crippen LogP contribution in [-0.4, -0.2) is 9.55 Å². The van der Waals surface area contributed by atoms with Crippen LogP contribution >= 0.6 is 11.6 Å². The largest absolute Gasteiger partial charge is 0.250 e. The number of halogens is 1. The van der Waals surface area contributed by atoms with E-state index in [0.29, 0.717) is 5.02 Å². The van der Waals surface area contributed by atoms with E-state index in [0.717, 1.165) is 28.0 Å². The smallest absolute Gasteiger partial charge is 0.152 e. The molecule has 0 radical (unpaired) electrons. The lowest BCUT2D eigenvalue weighted by Gasteiger charge is -2.02. The molecule has 4 rings (SSSR count). The zero-order valence-corrected chi connectivity index (χ0v) is 13.5. The normalized spacial score (nSPS) is 10.4. The fourth-order valence-electron chi connectivity index (χ4n) is 2.57. The van der Waals surface area contributed by atoms with Gasteiger partial charge >= 0.3 is 0 Å². The number of rotatable bonds is 1. The molecule has 0 aliphatic carbocycles. The molecule has 0 unspecified atom stereocenters. The van der Waals surface area contributed by atoms with Gasteiger partial charge in [0, 0.05) is 22.2 Å². The van der Waals surface area contributed by atoms with Crippen molar-refractivity contribution in [1.82, 2.24) is 9.55 Å². The van der Waals surface area contributed by atoms with Gasteiger partial charge in [-0.05, 0) is 54.5 Å². The topological polar surface area (TPSA) is 17.8 Å². The van der Waals surface area contributed by atoms with Crippen molar-refractivity contribution in [2.24, 2.45) is 0 Å². The van der Waals surface area contributed by atoms with Crippen LogP contribution < -0.4 is 0 Å². The Morgan fingerprint density at radius 1 is 0.792 bits per heavy atom. The van der Waals surface area contributed by atoms with Crippen LogP contribution in [0.3, 0.4) is 0 Å². The second-order valence-electron chi connectivity index (χ2n) is 5.37. The molecule has 24 heavy (non-hydrogen) atoms. The summed E-state index contributed by atoms with van der Waals surface area (Å²) in [5, 5.41) is 0.705. The number of para-hydroxylation sites is 2. The van der Waals surface area contributed by atoms with E-state index in [-0.39, 0.29) is 0 Å². The Balaban J connectivity index is 1.91. The van der Waals surface area contributed by atoms with E-state index in [1.807, 2.05) is 83.4 Å². The van der Waals surface area contributed by atoms with Crippen molar-refractivity contribution < 1.29 is 0 Å². The summed E-state index contributed by atoms with van der Waals surface area (Å²) in [6.45, 7) is 0. The zero-order valence-electron chi connectivity index (χ0n) is 12.8. The number of hydrogen-bond donors (Lipinski definition) is 0. The minimum absolute atomic E-state index is 0.705. The van der Waals surface area contributed by atoms with Gasteiger partial charge in [-0.1, -0.05) is 41.9 Å². The summed E-state index contributed by atoms with van der Waals surface area (Å²) in [4.78, 5) is 4.74. The first-order valence-electron chi connectivity index (χ1n) is 7.62. The van der Waals surface area contributed by atoms with Crippen molar-refractivity contribution in [3.05, 3.63) is 89.4 Å². The van der Waals surface area contributed by atoms with Crippen molar-refractivity contribution in [2.45, 2.75) is 0 Å². The third-order valence-electron chi connectivity index (χ3n) is 3.75. The van der Waals surface area contributed by atoms with Crippen LogP contribution in [0.2, 0.25) is 5.02 Å². The summed E-state index contributed by atoms with van der Waals surface area (Å²) < 4.78 is 1.94. The molecule has 0 aliphatic heterocycles. The summed E-state index contributed by atoms with van der Waals surface area (Å²) in [7, 11) is 0. The van der Waals surface area contributed by atoms with Crippen molar-refractivity contribution in [1.29, 1.82) is 0 Å². The maximum absolute atomic E-state index is 6.00. The lowest BCUT2D eigenvalue weighted by molar-refractivity contribution is 1.16. The van der Waals surface area contributed by atoms with Gasteiger partial charge in [0.1, 0.15) is 0 Å². The Hall–Kier alpha value is -3.02. The van der Waals surface area contributed by atoms with Crippen molar-refractivity contribution in [3.8, 4) is 23.4 Å². The summed E-state index contributed by atoms with van der Waals surface area (Å²) in [6.07, 6.45) is 0. The molecule has 114 valence electrons. The fraction of sp³-hybridized carbons (Fsp3) is 0. The molecule has 0 aliphatic rings. The number of imidazole rings is 1. The predicted octanol–water partition coefficient (Wildman–Crippen LogP) is 5.21. The highest BCUT2D eigenvalue weighted by atomic mass is 35.5. The maximum atomic E-state index is 6.00. The van der Waals surface area contributed by atoms with E-state index in [9.17, 15) is 0 Å². The first-order chi connectivity index (χ1) is 11.8. The maximum Gasteiger partial charge on any atom is 0.152 e. The Labute approximate surface area is 145 Å². The third-order valence-corrected chi connectivity index (χ3v) is 4.00. The summed E-state index contributed by atoms with van der Waals surface area (Å²) in [5.74, 6) is 4.02. The lowest BCUT2D eigenvalue weighted by atomic mass is 10.2. The Kier molecular flexibility index (Phi) is 3.78. The van der Waals surface area contributed by atoms with Crippen LogP contribution in [-0.2, 0) is 0 Å². The van der Waals surface area contributed by atoms with Crippen LogP contribution in [0.5, 0.6) is 0 Å². The second-order valence-corrected chi connectivity index (χ2v) is 5.81. The molecular formula is C21H13ClN2. The zero-order chi connectivity index (χ0) is 16.4. The molecule has 0 saturated heterocycles. The minimum atomic E-state index is 0.705. The lowest BCUT2D eigenvalue weighted by Crippen LogP contribution is -1.93. The van der Waals surface area contributed by atoms with Gasteiger partial charge in [0.2, 0.25) is 0 Å². The number of nitrogens with zero attached hydrogens (tertiary/aromatic N) is 2. The van der Waals surface area contributed by atoms with Crippen LogP contribution in [0.25, 0.3) is 22.4 Å². The van der Waals surface area contributed by atoms with Crippen LogP contribution in [0.4, 0.5) is 0 Å². The van der Waals surface area contributed by atoms with E-state index in [1.165, 1.54) is 0 Å². The van der Waals surface area contributed by atoms with Gasteiger partial charge < -0.3 is 0 Å². The highest BCUT2D eigenvalue weighted by molar-refractivity contribution is 6.30. The van der Waals surface area contributed by atoms with Gasteiger partial charge in [-0.2, -0.15) is 0 Å². The molecule has 4 aromatic rings. The average molecular weight is 329 g/mol. The van der Waals surface area contributed by atoms with E-state index >= 15 is 0 Å². The monoisotopic (exact) mass is 328 g/mol. The van der Waals surface area contributed by atoms with E-state index in [1.54, 1.807) is 0 Å². The number of aromatic nitrogens is 2. The molecule has 0 amide bonds. The molecule has 2 nitrogen and oxygen atoms in total. The molecule has 0 bridgehead atoms. The van der Waals surface area contributed by atoms with Crippen molar-refractivity contribution in [3.63, 3.8) is 0 Å². The van der Waals surface area contributed by atoms with E-state index < -0.39 is 0 Å². The van der Waals surface area contributed by atoms with Gasteiger partial charge in [0.25, 0.3) is 0 Å². The Bertz CT molecular complexity index is 1050. The van der Waals surface area contributed by atoms with E-state index in [4.69, 9.17) is 16.6 Å². The van der Waals surface area contributed by atoms with Gasteiger partial charge in [-0.3, -0.25) is 0 Å². The first kappa shape index (κ1) is 14.6. The van der Waals surface area contributed by atoms with Crippen molar-refractivity contribution in [2.75, 3.05) is 0 Å². The molecule has 3 heteroatoms. The summed E-state index contributed by atoms with van der Waals surface area (Å²) in [6, 6.07) is 28.8. The molecule has 1 heterocycles. The molecule has 0 fully saturated rings. The molecule has 0 atom stereocenters.